The summed E-state index contributed by atoms with van der Waals surface area (Å²) >= 11 is 0. The number of aromatic hydroxyl groups is 2. The second-order valence-corrected chi connectivity index (χ2v) is 12.8. The van der Waals surface area contributed by atoms with Gasteiger partial charge in [-0.3, -0.25) is 4.21 Å². The van der Waals surface area contributed by atoms with Crippen molar-refractivity contribution in [2.75, 3.05) is 18.1 Å². The number of phenols is 2. The minimum atomic E-state index is -5.58. The molecule has 0 aliphatic carbocycles. The van der Waals surface area contributed by atoms with E-state index in [1.807, 2.05) is 18.2 Å². The van der Waals surface area contributed by atoms with Gasteiger partial charge in [0.25, 0.3) is 0 Å². The van der Waals surface area contributed by atoms with Crippen LogP contribution in [0.25, 0.3) is 0 Å². The summed E-state index contributed by atoms with van der Waals surface area (Å²) in [4.78, 5) is 0. The number of rotatable bonds is 15. The summed E-state index contributed by atoms with van der Waals surface area (Å²) in [5, 5.41) is 30.2. The Morgan fingerprint density at radius 2 is 1.56 bits per heavy atom. The predicted molar refractivity (Wildman–Crippen MR) is 148 cm³/mol. The van der Waals surface area contributed by atoms with Crippen LogP contribution in [0.4, 0.5) is 22.0 Å². The van der Waals surface area contributed by atoms with E-state index in [2.05, 4.69) is 6.92 Å². The van der Waals surface area contributed by atoms with E-state index < -0.39 is 41.8 Å². The average molecular weight is 607 g/mol. The van der Waals surface area contributed by atoms with Crippen LogP contribution in [0.5, 0.6) is 17.2 Å². The lowest BCUT2D eigenvalue weighted by Gasteiger charge is -2.43. The minimum Gasteiger partial charge on any atom is -0.508 e. The quantitative estimate of drug-likeness (QED) is 0.146. The lowest BCUT2D eigenvalue weighted by Crippen LogP contribution is -2.40. The minimum absolute atomic E-state index is 0.0506. The van der Waals surface area contributed by atoms with Crippen molar-refractivity contribution in [3.05, 3.63) is 53.6 Å². The van der Waals surface area contributed by atoms with Crippen LogP contribution in [0, 0.1) is 0 Å². The number of phenolic OH excluding ortho intramolecular Hbond substituents is 2. The molecule has 3 N–H and O–H groups in total. The standard InChI is InChI=1S/C30H39F5O5S/c1-28(21-10-12-23(37)13-11-21)20-40-27-19-24(38)14-15-25(27)26(28)9-5-8-22(36)7-3-2-4-17-41(39)18-6-16-29(31,32)30(33,34)35/h10-15,19,22,26,36-38H,2-9,16-18,20H2,1H3/t22?,26-,28-,41?/m1/s1. The molecule has 2 aromatic rings. The van der Waals surface area contributed by atoms with Crippen LogP contribution in [0.3, 0.4) is 0 Å². The van der Waals surface area contributed by atoms with Crippen molar-refractivity contribution >= 4 is 10.8 Å². The summed E-state index contributed by atoms with van der Waals surface area (Å²) in [6.45, 7) is 2.51. The van der Waals surface area contributed by atoms with Gasteiger partial charge in [0.05, 0.1) is 12.7 Å². The van der Waals surface area contributed by atoms with E-state index in [-0.39, 0.29) is 34.3 Å². The molecule has 41 heavy (non-hydrogen) atoms. The van der Waals surface area contributed by atoms with Gasteiger partial charge in [0, 0.05) is 46.1 Å². The third-order valence-corrected chi connectivity index (χ3v) is 9.40. The second-order valence-electron chi connectivity index (χ2n) is 11.1. The number of hydrogen-bond acceptors (Lipinski definition) is 5. The van der Waals surface area contributed by atoms with Gasteiger partial charge in [-0.2, -0.15) is 22.0 Å². The summed E-state index contributed by atoms with van der Waals surface area (Å²) in [7, 11) is -1.45. The van der Waals surface area contributed by atoms with E-state index in [0.29, 0.717) is 44.5 Å². The molecule has 1 aliphatic rings. The van der Waals surface area contributed by atoms with Crippen LogP contribution >= 0.6 is 0 Å². The number of benzene rings is 2. The van der Waals surface area contributed by atoms with Crippen LogP contribution in [0.2, 0.25) is 0 Å². The monoisotopic (exact) mass is 606 g/mol. The molecule has 4 atom stereocenters. The Morgan fingerprint density at radius 3 is 2.24 bits per heavy atom. The molecule has 0 spiro atoms. The van der Waals surface area contributed by atoms with Gasteiger partial charge in [-0.25, -0.2) is 0 Å². The van der Waals surface area contributed by atoms with Crippen LogP contribution in [-0.4, -0.2) is 55.8 Å². The Bertz CT molecular complexity index is 1140. The molecule has 1 aliphatic heterocycles. The van der Waals surface area contributed by atoms with Crippen molar-refractivity contribution in [2.24, 2.45) is 0 Å². The fourth-order valence-electron chi connectivity index (χ4n) is 5.43. The normalized spacial score (nSPS) is 20.7. The molecule has 5 nitrogen and oxygen atoms in total. The molecule has 0 amide bonds. The zero-order chi connectivity index (χ0) is 30.3. The SMILES string of the molecule is C[C@]1(c2ccc(O)cc2)COc2cc(O)ccc2[C@H]1CCCC(O)CCCCCS(=O)CCCC(F)(F)C(F)(F)F. The Hall–Kier alpha value is -2.40. The van der Waals surface area contributed by atoms with Gasteiger partial charge in [0.1, 0.15) is 17.2 Å². The number of unbranched alkanes of at least 4 members (excludes halogenated alkanes) is 2. The molecule has 0 aromatic heterocycles. The van der Waals surface area contributed by atoms with Crippen molar-refractivity contribution in [2.45, 2.75) is 94.2 Å². The Morgan fingerprint density at radius 1 is 0.927 bits per heavy atom. The Labute approximate surface area is 240 Å². The molecule has 11 heteroatoms. The van der Waals surface area contributed by atoms with E-state index in [9.17, 15) is 41.5 Å². The van der Waals surface area contributed by atoms with Gasteiger partial charge in [-0.15, -0.1) is 0 Å². The maximum absolute atomic E-state index is 12.9. The molecule has 1 heterocycles. The predicted octanol–water partition coefficient (Wildman–Crippen LogP) is 7.35. The van der Waals surface area contributed by atoms with Crippen LogP contribution in [-0.2, 0) is 16.2 Å². The third-order valence-electron chi connectivity index (χ3n) is 7.91. The largest absolute Gasteiger partial charge is 0.508 e. The van der Waals surface area contributed by atoms with Crippen molar-refractivity contribution in [3.8, 4) is 17.2 Å². The van der Waals surface area contributed by atoms with E-state index in [1.54, 1.807) is 24.3 Å². The molecular formula is C30H39F5O5S. The number of aliphatic hydroxyl groups excluding tert-OH is 1. The Kier molecular flexibility index (Phi) is 11.4. The van der Waals surface area contributed by atoms with Gasteiger partial charge in [-0.05, 0) is 61.4 Å². The summed E-state index contributed by atoms with van der Waals surface area (Å²) < 4.78 is 80.5. The zero-order valence-electron chi connectivity index (χ0n) is 23.1. The molecule has 230 valence electrons. The first kappa shape index (κ1) is 33.1. The highest BCUT2D eigenvalue weighted by atomic mass is 32.2. The molecule has 2 aromatic carbocycles. The van der Waals surface area contributed by atoms with Crippen molar-refractivity contribution in [1.82, 2.24) is 0 Å². The van der Waals surface area contributed by atoms with E-state index in [4.69, 9.17) is 4.74 Å². The number of fused-ring (bicyclic) bond motifs is 1. The second kappa shape index (κ2) is 14.2. The fraction of sp³-hybridized carbons (Fsp3) is 0.600. The molecule has 0 saturated carbocycles. The number of hydrogen-bond donors (Lipinski definition) is 3. The van der Waals surface area contributed by atoms with Gasteiger partial charge >= 0.3 is 12.1 Å². The molecular weight excluding hydrogens is 567 g/mol. The topological polar surface area (TPSA) is 87.0 Å². The number of halogens is 5. The maximum atomic E-state index is 12.9. The van der Waals surface area contributed by atoms with Crippen molar-refractivity contribution < 1.29 is 46.2 Å². The van der Waals surface area contributed by atoms with Gasteiger partial charge < -0.3 is 20.1 Å². The number of aliphatic hydroxyl groups is 1. The van der Waals surface area contributed by atoms with Crippen LogP contribution < -0.4 is 4.74 Å². The summed E-state index contributed by atoms with van der Waals surface area (Å²) in [6, 6.07) is 12.2. The first-order valence-electron chi connectivity index (χ1n) is 14.0. The van der Waals surface area contributed by atoms with E-state index in [0.717, 1.165) is 24.0 Å². The lowest BCUT2D eigenvalue weighted by atomic mass is 9.66. The Balaban J connectivity index is 1.42. The van der Waals surface area contributed by atoms with E-state index in [1.165, 1.54) is 0 Å². The first-order chi connectivity index (χ1) is 19.2. The highest BCUT2D eigenvalue weighted by Crippen LogP contribution is 2.49. The van der Waals surface area contributed by atoms with Crippen molar-refractivity contribution in [3.63, 3.8) is 0 Å². The maximum Gasteiger partial charge on any atom is 0.453 e. The highest BCUT2D eigenvalue weighted by molar-refractivity contribution is 7.84. The molecule has 0 saturated heterocycles. The molecule has 2 unspecified atom stereocenters. The first-order valence-corrected chi connectivity index (χ1v) is 15.4. The number of ether oxygens (including phenoxy) is 1. The molecule has 0 radical (unpaired) electrons. The van der Waals surface area contributed by atoms with Crippen LogP contribution in [0.1, 0.15) is 81.8 Å². The average Bonchev–Trinajstić information content (AvgIpc) is 2.89. The molecule has 0 fully saturated rings. The van der Waals surface area contributed by atoms with E-state index >= 15 is 0 Å². The lowest BCUT2D eigenvalue weighted by molar-refractivity contribution is -0.284. The molecule has 0 bridgehead atoms. The van der Waals surface area contributed by atoms with Crippen molar-refractivity contribution in [1.29, 1.82) is 0 Å². The number of alkyl halides is 5. The van der Waals surface area contributed by atoms with Gasteiger partial charge in [0.15, 0.2) is 0 Å². The zero-order valence-corrected chi connectivity index (χ0v) is 24.0. The summed E-state index contributed by atoms with van der Waals surface area (Å²) in [5.41, 5.74) is 1.61. The van der Waals surface area contributed by atoms with Gasteiger partial charge in [0.2, 0.25) is 0 Å². The smallest absolute Gasteiger partial charge is 0.453 e. The van der Waals surface area contributed by atoms with Crippen LogP contribution in [0.15, 0.2) is 42.5 Å². The van der Waals surface area contributed by atoms with Gasteiger partial charge in [-0.1, -0.05) is 44.4 Å². The fourth-order valence-corrected chi connectivity index (χ4v) is 6.63. The summed E-state index contributed by atoms with van der Waals surface area (Å²) in [6.07, 6.45) is -3.36. The highest BCUT2D eigenvalue weighted by Gasteiger charge is 2.56. The summed E-state index contributed by atoms with van der Waals surface area (Å²) in [5.74, 6) is -3.72. The molecule has 3 rings (SSSR count). The third kappa shape index (κ3) is 9.04.